The Morgan fingerprint density at radius 1 is 0.585 bits per heavy atom. The molecule has 3 nitrogen and oxygen atoms in total. The molecule has 3 aromatic heterocycles. The maximum atomic E-state index is 5.18. The normalized spacial score (nSPS) is 12.5. The van der Waals surface area contributed by atoms with E-state index in [4.69, 9.17) is 10.2 Å². The van der Waals surface area contributed by atoms with E-state index in [0.29, 0.717) is 5.92 Å². The van der Waals surface area contributed by atoms with Gasteiger partial charge in [-0.3, -0.25) is 0 Å². The molecule has 0 fully saturated rings. The van der Waals surface area contributed by atoms with E-state index in [2.05, 4.69) is 82.1 Å². The van der Waals surface area contributed by atoms with Crippen LogP contribution in [0.5, 0.6) is 0 Å². The summed E-state index contributed by atoms with van der Waals surface area (Å²) in [5, 5.41) is 10.4. The Balaban J connectivity index is 1.49. The van der Waals surface area contributed by atoms with Crippen LogP contribution in [0.25, 0.3) is 31.9 Å². The van der Waals surface area contributed by atoms with Gasteiger partial charge in [0.05, 0.1) is 14.1 Å². The van der Waals surface area contributed by atoms with Crippen molar-refractivity contribution in [1.82, 2.24) is 15.0 Å². The van der Waals surface area contributed by atoms with Crippen molar-refractivity contribution < 1.29 is 0 Å². The van der Waals surface area contributed by atoms with Gasteiger partial charge in [-0.1, -0.05) is 116 Å². The van der Waals surface area contributed by atoms with Crippen LogP contribution in [-0.2, 0) is 6.54 Å². The van der Waals surface area contributed by atoms with Crippen molar-refractivity contribution in [3.05, 3.63) is 44.0 Å². The fourth-order valence-electron chi connectivity index (χ4n) is 5.77. The number of benzene rings is 1. The summed E-state index contributed by atoms with van der Waals surface area (Å²) in [6, 6.07) is 13.1. The van der Waals surface area contributed by atoms with E-state index < -0.39 is 0 Å². The molecule has 224 valence electrons. The third-order valence-electron chi connectivity index (χ3n) is 8.11. The largest absolute Gasteiger partial charge is 0.183 e. The molecule has 4 aromatic rings. The van der Waals surface area contributed by atoms with Crippen LogP contribution in [0.3, 0.4) is 0 Å². The Bertz CT molecular complexity index is 1230. The van der Waals surface area contributed by atoms with E-state index >= 15 is 0 Å². The number of halogens is 2. The third kappa shape index (κ3) is 10.3. The minimum absolute atomic E-state index is 0.641. The molecule has 0 aliphatic carbocycles. The van der Waals surface area contributed by atoms with Gasteiger partial charge < -0.3 is 0 Å². The highest BCUT2D eigenvalue weighted by molar-refractivity contribution is 9.11. The Morgan fingerprint density at radius 2 is 1.00 bits per heavy atom. The van der Waals surface area contributed by atoms with Gasteiger partial charge in [-0.05, 0) is 74.9 Å². The van der Waals surface area contributed by atoms with Gasteiger partial charge in [0.2, 0.25) is 0 Å². The Morgan fingerprint density at radius 3 is 1.39 bits per heavy atom. The van der Waals surface area contributed by atoms with Crippen molar-refractivity contribution in [2.75, 3.05) is 0 Å². The lowest BCUT2D eigenvalue weighted by molar-refractivity contribution is 0.326. The Kier molecular flexibility index (Phi) is 14.4. The zero-order valence-electron chi connectivity index (χ0n) is 25.0. The average Bonchev–Trinajstić information content (AvgIpc) is 3.71. The van der Waals surface area contributed by atoms with Gasteiger partial charge in [-0.25, -0.2) is 0 Å². The number of hydrogen-bond donors (Lipinski definition) is 0. The van der Waals surface area contributed by atoms with E-state index in [9.17, 15) is 0 Å². The molecule has 1 atom stereocenters. The summed E-state index contributed by atoms with van der Waals surface area (Å²) in [5.74, 6) is 0.641. The molecule has 7 heteroatoms. The maximum absolute atomic E-state index is 5.18. The molecule has 0 spiro atoms. The molecule has 0 saturated carbocycles. The highest BCUT2D eigenvalue weighted by atomic mass is 79.9. The van der Waals surface area contributed by atoms with E-state index in [0.717, 1.165) is 25.2 Å². The zero-order valence-corrected chi connectivity index (χ0v) is 29.8. The molecular formula is C34H47Br2N3S2. The average molecular weight is 722 g/mol. The fraction of sp³-hybridized carbons (Fsp3) is 0.588. The molecule has 0 aliphatic rings. The number of fused-ring (bicyclic) bond motifs is 1. The van der Waals surface area contributed by atoms with Crippen molar-refractivity contribution in [3.63, 3.8) is 0 Å². The van der Waals surface area contributed by atoms with Crippen molar-refractivity contribution in [3.8, 4) is 20.9 Å². The maximum Gasteiger partial charge on any atom is 0.122 e. The van der Waals surface area contributed by atoms with Crippen LogP contribution in [0.1, 0.15) is 117 Å². The molecule has 41 heavy (non-hydrogen) atoms. The number of unbranched alkanes of at least 4 members (excludes halogenated alkanes) is 12. The highest BCUT2D eigenvalue weighted by Crippen LogP contribution is 2.40. The molecule has 0 aliphatic heterocycles. The van der Waals surface area contributed by atoms with Crippen LogP contribution in [-0.4, -0.2) is 15.0 Å². The summed E-state index contributed by atoms with van der Waals surface area (Å²) in [7, 11) is 0. The number of hydrogen-bond acceptors (Lipinski definition) is 4. The van der Waals surface area contributed by atoms with Gasteiger partial charge in [0.25, 0.3) is 0 Å². The first-order chi connectivity index (χ1) is 20.1. The van der Waals surface area contributed by atoms with Gasteiger partial charge in [-0.15, -0.1) is 22.7 Å². The summed E-state index contributed by atoms with van der Waals surface area (Å²) in [5.41, 5.74) is 4.40. The molecule has 1 unspecified atom stereocenters. The topological polar surface area (TPSA) is 30.7 Å². The van der Waals surface area contributed by atoms with Gasteiger partial charge in [-0.2, -0.15) is 15.0 Å². The summed E-state index contributed by atoms with van der Waals surface area (Å²) >= 11 is 10.8. The molecule has 0 amide bonds. The van der Waals surface area contributed by atoms with Gasteiger partial charge in [0, 0.05) is 20.9 Å². The minimum Gasteiger partial charge on any atom is -0.183 e. The number of aromatic nitrogens is 3. The zero-order chi connectivity index (χ0) is 28.9. The van der Waals surface area contributed by atoms with Crippen LogP contribution < -0.4 is 0 Å². The molecule has 0 radical (unpaired) electrons. The highest BCUT2D eigenvalue weighted by Gasteiger charge is 2.19. The summed E-state index contributed by atoms with van der Waals surface area (Å²) in [6.07, 6.45) is 21.7. The number of rotatable bonds is 20. The van der Waals surface area contributed by atoms with E-state index in [1.807, 2.05) is 4.80 Å². The van der Waals surface area contributed by atoms with Gasteiger partial charge in [0.1, 0.15) is 11.0 Å². The lowest BCUT2D eigenvalue weighted by atomic mass is 9.94. The van der Waals surface area contributed by atoms with Gasteiger partial charge in [0.15, 0.2) is 0 Å². The predicted molar refractivity (Wildman–Crippen MR) is 188 cm³/mol. The third-order valence-corrected chi connectivity index (χ3v) is 11.4. The van der Waals surface area contributed by atoms with Crippen molar-refractivity contribution in [1.29, 1.82) is 0 Å². The summed E-state index contributed by atoms with van der Waals surface area (Å²) in [4.78, 5) is 4.50. The lowest BCUT2D eigenvalue weighted by Gasteiger charge is -2.16. The van der Waals surface area contributed by atoms with Crippen LogP contribution in [0.2, 0.25) is 0 Å². The van der Waals surface area contributed by atoms with Crippen LogP contribution in [0, 0.1) is 5.92 Å². The molecular weight excluding hydrogens is 674 g/mol. The van der Waals surface area contributed by atoms with Crippen LogP contribution >= 0.6 is 54.5 Å². The van der Waals surface area contributed by atoms with E-state index in [-0.39, 0.29) is 0 Å². The smallest absolute Gasteiger partial charge is 0.122 e. The van der Waals surface area contributed by atoms with Crippen molar-refractivity contribution in [2.24, 2.45) is 5.92 Å². The van der Waals surface area contributed by atoms with Gasteiger partial charge >= 0.3 is 0 Å². The minimum atomic E-state index is 0.641. The Labute approximate surface area is 272 Å². The first kappa shape index (κ1) is 32.9. The van der Waals surface area contributed by atoms with E-state index in [1.54, 1.807) is 22.7 Å². The molecule has 0 saturated heterocycles. The summed E-state index contributed by atoms with van der Waals surface area (Å²) < 4.78 is 2.28. The quantitative estimate of drug-likeness (QED) is 0.0851. The first-order valence-electron chi connectivity index (χ1n) is 16.0. The molecule has 1 aromatic carbocycles. The summed E-state index contributed by atoms with van der Waals surface area (Å²) in [6.45, 7) is 5.51. The fourth-order valence-corrected chi connectivity index (χ4v) is 8.60. The second kappa shape index (κ2) is 17.9. The molecule has 4 rings (SSSR count). The number of thiophene rings is 2. The molecule has 0 bridgehead atoms. The molecule has 3 heterocycles. The lowest BCUT2D eigenvalue weighted by Crippen LogP contribution is -2.14. The first-order valence-corrected chi connectivity index (χ1v) is 19.2. The molecule has 0 N–H and O–H groups in total. The predicted octanol–water partition coefficient (Wildman–Crippen LogP) is 13.3. The second-order valence-corrected chi connectivity index (χ2v) is 16.4. The second-order valence-electron chi connectivity index (χ2n) is 11.5. The van der Waals surface area contributed by atoms with E-state index in [1.165, 1.54) is 124 Å². The Hall–Kier alpha value is -1.02. The van der Waals surface area contributed by atoms with Crippen molar-refractivity contribution >= 4 is 65.6 Å². The van der Waals surface area contributed by atoms with Crippen LogP contribution in [0.4, 0.5) is 0 Å². The SMILES string of the molecule is CCCCCCCCCCC(CCCCCCCC)Cn1nc2c(-c3ccc(Br)s3)ccc(-c3ccc(Br)s3)c2n1. The van der Waals surface area contributed by atoms with Crippen LogP contribution in [0.15, 0.2) is 44.0 Å². The standard InChI is InChI=1S/C34H47Br2N3S2/c1-3-5-7-9-11-12-14-16-18-26(17-15-13-10-8-6-4-2)25-39-37-33-27(29-21-23-31(35)40-29)19-20-28(34(33)38-39)30-22-24-32(36)41-30/h19-24,26H,3-18,25H2,1-2H3. The number of nitrogens with zero attached hydrogens (tertiary/aromatic N) is 3. The monoisotopic (exact) mass is 719 g/mol. The van der Waals surface area contributed by atoms with Crippen molar-refractivity contribution in [2.45, 2.75) is 123 Å².